The van der Waals surface area contributed by atoms with E-state index in [-0.39, 0.29) is 17.5 Å². The van der Waals surface area contributed by atoms with Crippen molar-refractivity contribution >= 4 is 30.8 Å². The molecular formula is C24H26NO4P. The summed E-state index contributed by atoms with van der Waals surface area (Å²) in [6.07, 6.45) is -0.129. The summed E-state index contributed by atoms with van der Waals surface area (Å²) >= 11 is 0. The van der Waals surface area contributed by atoms with E-state index in [1.165, 1.54) is 0 Å². The third-order valence-corrected chi connectivity index (χ3v) is 7.84. The zero-order chi connectivity index (χ0) is 22.3. The summed E-state index contributed by atoms with van der Waals surface area (Å²) < 4.78 is 0. The molecule has 0 aromatic heterocycles. The van der Waals surface area contributed by atoms with Crippen molar-refractivity contribution in [3.63, 3.8) is 0 Å². The summed E-state index contributed by atoms with van der Waals surface area (Å²) in [6.45, 7) is 11.3. The van der Waals surface area contributed by atoms with Gasteiger partial charge in [-0.1, -0.05) is 35.4 Å². The van der Waals surface area contributed by atoms with Gasteiger partial charge >= 0.3 is 0 Å². The Balaban J connectivity index is 2.18. The average molecular weight is 423 g/mol. The normalized spacial score (nSPS) is 16.2. The number of hydrogen-bond acceptors (Lipinski definition) is 4. The maximum absolute atomic E-state index is 13.8. The van der Waals surface area contributed by atoms with Crippen LogP contribution in [0.4, 0.5) is 0 Å². The Morgan fingerprint density at radius 1 is 0.767 bits per heavy atom. The van der Waals surface area contributed by atoms with Crippen LogP contribution in [0.5, 0.6) is 0 Å². The predicted octanol–water partition coefficient (Wildman–Crippen LogP) is 4.41. The van der Waals surface area contributed by atoms with Crippen molar-refractivity contribution in [1.82, 2.24) is 5.32 Å². The Morgan fingerprint density at radius 3 is 1.43 bits per heavy atom. The third-order valence-electron chi connectivity index (χ3n) is 5.48. The molecule has 0 aliphatic carbocycles. The fourth-order valence-corrected chi connectivity index (χ4v) is 6.98. The number of benzene rings is 2. The molecule has 2 aromatic rings. The highest BCUT2D eigenvalue weighted by atomic mass is 31.1. The van der Waals surface area contributed by atoms with Gasteiger partial charge in [0.15, 0.2) is 11.0 Å². The van der Waals surface area contributed by atoms with E-state index >= 15 is 0 Å². The van der Waals surface area contributed by atoms with Gasteiger partial charge in [-0.25, -0.2) is 0 Å². The standard InChI is InChI=1S/C24H26NO4P/c1-12-7-14(3)20(15(4)8-12)23(28)30(18-11-19(26)25-22(18)27)24(29)21-16(5)9-13(2)10-17(21)6/h7-10,18H,11H2,1-6H3,(H,25,26,27). The van der Waals surface area contributed by atoms with E-state index < -0.39 is 25.4 Å². The van der Waals surface area contributed by atoms with E-state index in [0.717, 1.165) is 33.4 Å². The van der Waals surface area contributed by atoms with Crippen LogP contribution in [-0.2, 0) is 9.59 Å². The van der Waals surface area contributed by atoms with Gasteiger partial charge in [0.05, 0.1) is 13.6 Å². The molecule has 3 rings (SSSR count). The molecule has 156 valence electrons. The molecule has 6 heteroatoms. The van der Waals surface area contributed by atoms with Crippen molar-refractivity contribution in [2.45, 2.75) is 53.6 Å². The highest BCUT2D eigenvalue weighted by Gasteiger charge is 2.45. The number of carbonyl (C=O) groups excluding carboxylic acids is 4. The molecule has 1 saturated heterocycles. The van der Waals surface area contributed by atoms with Crippen LogP contribution in [0.25, 0.3) is 0 Å². The fourth-order valence-electron chi connectivity index (χ4n) is 4.40. The van der Waals surface area contributed by atoms with Crippen LogP contribution in [0.15, 0.2) is 24.3 Å². The van der Waals surface area contributed by atoms with E-state index in [4.69, 9.17) is 0 Å². The number of imide groups is 1. The highest BCUT2D eigenvalue weighted by Crippen LogP contribution is 2.52. The van der Waals surface area contributed by atoms with Crippen LogP contribution in [0.3, 0.4) is 0 Å². The van der Waals surface area contributed by atoms with Crippen LogP contribution in [0, 0.1) is 41.5 Å². The summed E-state index contributed by atoms with van der Waals surface area (Å²) in [5.74, 6) is -0.967. The molecule has 0 spiro atoms. The Kier molecular flexibility index (Phi) is 6.05. The molecule has 30 heavy (non-hydrogen) atoms. The second-order valence-electron chi connectivity index (χ2n) is 8.16. The molecule has 1 fully saturated rings. The molecule has 1 N–H and O–H groups in total. The molecule has 2 aromatic carbocycles. The van der Waals surface area contributed by atoms with Crippen LogP contribution in [-0.4, -0.2) is 28.5 Å². The number of hydrogen-bond donors (Lipinski definition) is 1. The Hall–Kier alpha value is -2.65. The summed E-state index contributed by atoms with van der Waals surface area (Å²) in [7, 11) is -2.10. The minimum absolute atomic E-state index is 0.129. The molecule has 0 radical (unpaired) electrons. The SMILES string of the molecule is Cc1cc(C)c(C(=O)P(C(=O)c2c(C)cc(C)cc2C)C2CC(=O)NC2=O)c(C)c1. The lowest BCUT2D eigenvalue weighted by Crippen LogP contribution is -2.28. The van der Waals surface area contributed by atoms with Gasteiger partial charge in [0.25, 0.3) is 0 Å². The zero-order valence-electron chi connectivity index (χ0n) is 18.2. The van der Waals surface area contributed by atoms with E-state index in [0.29, 0.717) is 11.1 Å². The Labute approximate surface area is 178 Å². The first-order valence-electron chi connectivity index (χ1n) is 9.88. The Bertz CT molecular complexity index is 987. The molecule has 5 nitrogen and oxygen atoms in total. The van der Waals surface area contributed by atoms with Crippen LogP contribution >= 0.6 is 7.92 Å². The van der Waals surface area contributed by atoms with Crippen molar-refractivity contribution in [3.8, 4) is 0 Å². The summed E-state index contributed by atoms with van der Waals surface area (Å²) in [4.78, 5) is 51.9. The number of carbonyl (C=O) groups is 4. The maximum atomic E-state index is 13.8. The summed E-state index contributed by atoms with van der Waals surface area (Å²) in [5.41, 5.74) is 4.52. The van der Waals surface area contributed by atoms with Crippen molar-refractivity contribution in [2.24, 2.45) is 0 Å². The van der Waals surface area contributed by atoms with Crippen molar-refractivity contribution in [2.75, 3.05) is 0 Å². The van der Waals surface area contributed by atoms with Crippen molar-refractivity contribution < 1.29 is 19.2 Å². The van der Waals surface area contributed by atoms with Gasteiger partial charge in [-0.2, -0.15) is 0 Å². The topological polar surface area (TPSA) is 80.3 Å². The van der Waals surface area contributed by atoms with Crippen LogP contribution < -0.4 is 5.32 Å². The lowest BCUT2D eigenvalue weighted by Gasteiger charge is -2.23. The van der Waals surface area contributed by atoms with Gasteiger partial charge in [0.2, 0.25) is 11.8 Å². The van der Waals surface area contributed by atoms with E-state index in [1.807, 2.05) is 65.8 Å². The molecule has 2 amide bonds. The van der Waals surface area contributed by atoms with Gasteiger partial charge in [0.1, 0.15) is 0 Å². The van der Waals surface area contributed by atoms with Gasteiger partial charge in [-0.05, 0) is 63.8 Å². The number of nitrogens with one attached hydrogen (secondary N) is 1. The number of aryl methyl sites for hydroxylation is 6. The quantitative estimate of drug-likeness (QED) is 0.570. The average Bonchev–Trinajstić information content (AvgIpc) is 2.91. The molecule has 0 saturated carbocycles. The van der Waals surface area contributed by atoms with Gasteiger partial charge in [-0.15, -0.1) is 0 Å². The number of amides is 2. The van der Waals surface area contributed by atoms with E-state index in [1.54, 1.807) is 0 Å². The number of rotatable bonds is 5. The summed E-state index contributed by atoms with van der Waals surface area (Å²) in [6, 6.07) is 7.61. The minimum Gasteiger partial charge on any atom is -0.296 e. The van der Waals surface area contributed by atoms with E-state index in [2.05, 4.69) is 5.32 Å². The molecule has 1 atom stereocenters. The maximum Gasteiger partial charge on any atom is 0.235 e. The molecule has 1 aliphatic heterocycles. The first kappa shape index (κ1) is 22.0. The van der Waals surface area contributed by atoms with Crippen LogP contribution in [0.2, 0.25) is 0 Å². The first-order valence-corrected chi connectivity index (χ1v) is 11.3. The lowest BCUT2D eigenvalue weighted by molar-refractivity contribution is -0.124. The minimum atomic E-state index is -2.10. The van der Waals surface area contributed by atoms with Gasteiger partial charge in [-0.3, -0.25) is 24.5 Å². The third kappa shape index (κ3) is 3.99. The zero-order valence-corrected chi connectivity index (χ0v) is 19.1. The Morgan fingerprint density at radius 2 is 1.13 bits per heavy atom. The van der Waals surface area contributed by atoms with Crippen molar-refractivity contribution in [1.29, 1.82) is 0 Å². The molecule has 1 aliphatic rings. The van der Waals surface area contributed by atoms with Gasteiger partial charge < -0.3 is 0 Å². The molecule has 1 heterocycles. The second-order valence-corrected chi connectivity index (χ2v) is 10.3. The van der Waals surface area contributed by atoms with Crippen molar-refractivity contribution in [3.05, 3.63) is 68.8 Å². The molecule has 0 bridgehead atoms. The second kappa shape index (κ2) is 8.23. The molecular weight excluding hydrogens is 397 g/mol. The summed E-state index contributed by atoms with van der Waals surface area (Å²) in [5, 5.41) is 2.27. The van der Waals surface area contributed by atoms with Gasteiger partial charge in [0, 0.05) is 17.5 Å². The highest BCUT2D eigenvalue weighted by molar-refractivity contribution is 7.91. The first-order chi connectivity index (χ1) is 14.0. The fraction of sp³-hybridized carbons (Fsp3) is 0.333. The smallest absolute Gasteiger partial charge is 0.235 e. The molecule has 1 unspecified atom stereocenters. The predicted molar refractivity (Wildman–Crippen MR) is 118 cm³/mol. The van der Waals surface area contributed by atoms with Crippen LogP contribution in [0.1, 0.15) is 60.5 Å². The monoisotopic (exact) mass is 423 g/mol. The van der Waals surface area contributed by atoms with E-state index in [9.17, 15) is 19.2 Å². The largest absolute Gasteiger partial charge is 0.296 e. The lowest BCUT2D eigenvalue weighted by atomic mass is 10.0.